The predicted octanol–water partition coefficient (Wildman–Crippen LogP) is 2.50. The second kappa shape index (κ2) is 10.8. The molecule has 0 saturated heterocycles. The Morgan fingerprint density at radius 2 is 1.73 bits per heavy atom. The summed E-state index contributed by atoms with van der Waals surface area (Å²) in [7, 11) is -2.32. The van der Waals surface area contributed by atoms with Gasteiger partial charge in [-0.15, -0.1) is 0 Å². The lowest BCUT2D eigenvalue weighted by atomic mass is 10.2. The molecule has 0 aliphatic rings. The topological polar surface area (TPSA) is 178 Å². The fourth-order valence-electron chi connectivity index (χ4n) is 4.37. The van der Waals surface area contributed by atoms with E-state index in [0.29, 0.717) is 22.7 Å². The zero-order chi connectivity index (χ0) is 29.3. The van der Waals surface area contributed by atoms with Gasteiger partial charge in [-0.05, 0) is 68.9 Å². The Bertz CT molecular complexity index is 1920. The van der Waals surface area contributed by atoms with Crippen LogP contribution in [-0.2, 0) is 10.0 Å². The largest absolute Gasteiger partial charge is 0.383 e. The highest BCUT2D eigenvalue weighted by atomic mass is 32.2. The molecule has 1 amide bonds. The van der Waals surface area contributed by atoms with Crippen molar-refractivity contribution >= 4 is 38.8 Å². The molecule has 2 aromatic carbocycles. The van der Waals surface area contributed by atoms with Crippen LogP contribution in [0.2, 0.25) is 0 Å². The summed E-state index contributed by atoms with van der Waals surface area (Å²) in [5.74, 6) is -0.206. The maximum absolute atomic E-state index is 13.6. The number of benzene rings is 2. The van der Waals surface area contributed by atoms with Crippen molar-refractivity contribution in [3.05, 3.63) is 100 Å². The van der Waals surface area contributed by atoms with E-state index in [1.165, 1.54) is 46.7 Å². The lowest BCUT2D eigenvalue weighted by Crippen LogP contribution is -2.30. The molecular formula is C27H27N9O4S. The quantitative estimate of drug-likeness (QED) is 0.217. The van der Waals surface area contributed by atoms with Gasteiger partial charge in [-0.25, -0.2) is 27.6 Å². The minimum atomic E-state index is -3.63. The average Bonchev–Trinajstić information content (AvgIpc) is 3.34. The smallest absolute Gasteiger partial charge is 0.282 e. The van der Waals surface area contributed by atoms with Gasteiger partial charge in [0.15, 0.2) is 5.82 Å². The molecular weight excluding hydrogens is 546 g/mol. The number of carbonyl (C=O) groups is 1. The van der Waals surface area contributed by atoms with Crippen molar-refractivity contribution in [2.75, 3.05) is 23.4 Å². The monoisotopic (exact) mass is 573 g/mol. The van der Waals surface area contributed by atoms with Crippen LogP contribution >= 0.6 is 0 Å². The number of fused-ring (bicyclic) bond motifs is 1. The van der Waals surface area contributed by atoms with Crippen LogP contribution in [0.25, 0.3) is 11.2 Å². The number of amides is 1. The average molecular weight is 574 g/mol. The van der Waals surface area contributed by atoms with E-state index in [9.17, 15) is 18.0 Å². The first-order chi connectivity index (χ1) is 19.6. The normalized spacial score (nSPS) is 12.3. The molecule has 13 nitrogen and oxygen atoms in total. The van der Waals surface area contributed by atoms with Gasteiger partial charge in [0.1, 0.15) is 29.0 Å². The Labute approximate surface area is 235 Å². The van der Waals surface area contributed by atoms with Crippen LogP contribution in [0.15, 0.2) is 82.9 Å². The fourth-order valence-corrected chi connectivity index (χ4v) is 5.10. The Morgan fingerprint density at radius 3 is 2.41 bits per heavy atom. The van der Waals surface area contributed by atoms with E-state index in [-0.39, 0.29) is 27.7 Å². The number of rotatable bonds is 8. The molecule has 3 heterocycles. The van der Waals surface area contributed by atoms with Gasteiger partial charge in [0, 0.05) is 11.9 Å². The number of carbonyl (C=O) groups excluding carboxylic acids is 1. The van der Waals surface area contributed by atoms with Gasteiger partial charge in [-0.1, -0.05) is 18.2 Å². The van der Waals surface area contributed by atoms with E-state index in [0.717, 1.165) is 5.56 Å². The lowest BCUT2D eigenvalue weighted by Gasteiger charge is -2.21. The van der Waals surface area contributed by atoms with Crippen LogP contribution in [0.3, 0.4) is 0 Å². The van der Waals surface area contributed by atoms with Gasteiger partial charge < -0.3 is 16.4 Å². The summed E-state index contributed by atoms with van der Waals surface area (Å²) in [6.45, 7) is 3.63. The number of nitrogens with one attached hydrogen (secondary N) is 3. The first-order valence-corrected chi connectivity index (χ1v) is 14.0. The van der Waals surface area contributed by atoms with E-state index in [4.69, 9.17) is 10.8 Å². The van der Waals surface area contributed by atoms with Gasteiger partial charge in [0.2, 0.25) is 10.0 Å². The van der Waals surface area contributed by atoms with Crippen LogP contribution in [0, 0.1) is 6.92 Å². The van der Waals surface area contributed by atoms with E-state index in [1.807, 2.05) is 43.3 Å². The maximum Gasteiger partial charge on any atom is 0.282 e. The third-order valence-electron chi connectivity index (χ3n) is 6.46. The molecule has 1 atom stereocenters. The summed E-state index contributed by atoms with van der Waals surface area (Å²) >= 11 is 0. The van der Waals surface area contributed by atoms with Crippen LogP contribution in [0.5, 0.6) is 0 Å². The molecule has 3 aromatic heterocycles. The molecule has 0 aliphatic heterocycles. The maximum atomic E-state index is 13.6. The van der Waals surface area contributed by atoms with Gasteiger partial charge >= 0.3 is 0 Å². The van der Waals surface area contributed by atoms with Crippen LogP contribution in [0.4, 0.5) is 17.3 Å². The number of hydrogen-bond donors (Lipinski definition) is 4. The molecule has 0 unspecified atom stereocenters. The third-order valence-corrected chi connectivity index (χ3v) is 7.89. The standard InChI is InChI=1S/C27H27N9O4S/c1-16-13-14-35-22(16)27(38)36(19-7-5-4-6-8-19)25(34-35)17(2)32-24-21(23(28)30-15-31-24)26(37)33-18-9-11-20(12-10-18)41(39,40)29-3/h4-15,17,29H,1-3H3,(H,33,37)(H3,28,30,31,32)/t17-/m0/s1. The number of aryl methyl sites for hydroxylation is 1. The van der Waals surface area contributed by atoms with Crippen molar-refractivity contribution in [1.82, 2.24) is 28.9 Å². The minimum absolute atomic E-state index is 0.0298. The number of nitrogen functional groups attached to an aromatic ring is 1. The second-order valence-electron chi connectivity index (χ2n) is 9.16. The van der Waals surface area contributed by atoms with Gasteiger partial charge in [0.25, 0.3) is 11.5 Å². The summed E-state index contributed by atoms with van der Waals surface area (Å²) in [4.78, 5) is 35.2. The third kappa shape index (κ3) is 5.25. The number of nitrogens with two attached hydrogens (primary N) is 1. The molecule has 0 spiro atoms. The number of hydrogen-bond acceptors (Lipinski definition) is 9. The van der Waals surface area contributed by atoms with E-state index < -0.39 is 22.0 Å². The molecule has 5 rings (SSSR count). The first kappa shape index (κ1) is 27.5. The zero-order valence-corrected chi connectivity index (χ0v) is 23.2. The molecule has 5 aromatic rings. The number of sulfonamides is 1. The molecule has 14 heteroatoms. The fraction of sp³-hybridized carbons (Fsp3) is 0.148. The summed E-state index contributed by atoms with van der Waals surface area (Å²) < 4.78 is 29.3. The summed E-state index contributed by atoms with van der Waals surface area (Å²) in [6.07, 6.45) is 2.93. The molecule has 0 bridgehead atoms. The number of aromatic nitrogens is 5. The van der Waals surface area contributed by atoms with Crippen molar-refractivity contribution in [1.29, 1.82) is 0 Å². The first-order valence-electron chi connectivity index (χ1n) is 12.5. The Balaban J connectivity index is 1.50. The van der Waals surface area contributed by atoms with Crippen molar-refractivity contribution in [3.63, 3.8) is 0 Å². The van der Waals surface area contributed by atoms with E-state index in [2.05, 4.69) is 25.3 Å². The second-order valence-corrected chi connectivity index (χ2v) is 11.0. The zero-order valence-electron chi connectivity index (χ0n) is 22.4. The molecule has 0 fully saturated rings. The van der Waals surface area contributed by atoms with Crippen LogP contribution in [-0.4, -0.2) is 45.5 Å². The van der Waals surface area contributed by atoms with E-state index in [1.54, 1.807) is 13.1 Å². The van der Waals surface area contributed by atoms with Crippen LogP contribution < -0.4 is 26.6 Å². The Morgan fingerprint density at radius 1 is 1.02 bits per heavy atom. The number of para-hydroxylation sites is 1. The Hall–Kier alpha value is -5.08. The number of nitrogens with zero attached hydrogens (tertiary/aromatic N) is 5. The SMILES string of the molecule is CNS(=O)(=O)c1ccc(NC(=O)c2c(N)ncnc2N[C@@H](C)c2nn3ccc(C)c3c(=O)n2-c2ccccc2)cc1. The van der Waals surface area contributed by atoms with Crippen molar-refractivity contribution in [2.24, 2.45) is 0 Å². The minimum Gasteiger partial charge on any atom is -0.383 e. The summed E-state index contributed by atoms with van der Waals surface area (Å²) in [5.41, 5.74) is 8.02. The van der Waals surface area contributed by atoms with Gasteiger partial charge in [0.05, 0.1) is 16.6 Å². The molecule has 210 valence electrons. The van der Waals surface area contributed by atoms with Crippen molar-refractivity contribution in [2.45, 2.75) is 24.8 Å². The molecule has 0 aliphatic carbocycles. The molecule has 41 heavy (non-hydrogen) atoms. The van der Waals surface area contributed by atoms with Crippen LogP contribution in [0.1, 0.15) is 34.7 Å². The highest BCUT2D eigenvalue weighted by Gasteiger charge is 2.24. The summed E-state index contributed by atoms with van der Waals surface area (Å²) in [5, 5.41) is 10.6. The molecule has 5 N–H and O–H groups in total. The molecule has 0 radical (unpaired) electrons. The van der Waals surface area contributed by atoms with Crippen molar-refractivity contribution in [3.8, 4) is 5.69 Å². The molecule has 0 saturated carbocycles. The van der Waals surface area contributed by atoms with E-state index >= 15 is 0 Å². The van der Waals surface area contributed by atoms with Gasteiger partial charge in [-0.3, -0.25) is 14.2 Å². The predicted molar refractivity (Wildman–Crippen MR) is 155 cm³/mol. The highest BCUT2D eigenvalue weighted by molar-refractivity contribution is 7.89. The van der Waals surface area contributed by atoms with Gasteiger partial charge in [-0.2, -0.15) is 5.10 Å². The highest BCUT2D eigenvalue weighted by Crippen LogP contribution is 2.25. The van der Waals surface area contributed by atoms with Crippen molar-refractivity contribution < 1.29 is 13.2 Å². The Kier molecular flexibility index (Phi) is 7.26. The number of anilines is 3. The lowest BCUT2D eigenvalue weighted by molar-refractivity contribution is 0.102. The summed E-state index contributed by atoms with van der Waals surface area (Å²) in [6, 6.07) is 15.9.